The Morgan fingerprint density at radius 2 is 1.67 bits per heavy atom. The first-order valence-corrected chi connectivity index (χ1v) is 9.40. The van der Waals surface area contributed by atoms with Crippen molar-refractivity contribution in [2.45, 2.75) is 27.2 Å². The minimum absolute atomic E-state index is 0.196. The van der Waals surface area contributed by atoms with Crippen molar-refractivity contribution in [3.63, 3.8) is 0 Å². The average molecular weight is 394 g/mol. The summed E-state index contributed by atoms with van der Waals surface area (Å²) < 4.78 is 16.8. The zero-order chi connectivity index (χ0) is 19.8. The van der Waals surface area contributed by atoms with E-state index in [0.717, 1.165) is 11.3 Å². The molecule has 0 atom stereocenters. The van der Waals surface area contributed by atoms with Crippen molar-refractivity contribution < 1.29 is 28.9 Å². The molecule has 1 amide bonds. The minimum Gasteiger partial charge on any atom is -0.490 e. The van der Waals surface area contributed by atoms with Crippen LogP contribution in [0.2, 0.25) is 0 Å². The summed E-state index contributed by atoms with van der Waals surface area (Å²) in [6.45, 7) is 6.76. The number of carboxylic acids is 1. The van der Waals surface area contributed by atoms with Crippen LogP contribution in [0.15, 0.2) is 17.5 Å². The number of thiazole rings is 1. The monoisotopic (exact) mass is 394 g/mol. The molecule has 1 aromatic carbocycles. The van der Waals surface area contributed by atoms with Gasteiger partial charge in [-0.2, -0.15) is 0 Å². The lowest BCUT2D eigenvalue weighted by atomic mass is 10.1. The van der Waals surface area contributed by atoms with Gasteiger partial charge in [-0.05, 0) is 32.9 Å². The number of nitrogens with one attached hydrogen (secondary N) is 1. The third-order valence-electron chi connectivity index (χ3n) is 3.28. The Kier molecular flexibility index (Phi) is 7.42. The van der Waals surface area contributed by atoms with Crippen LogP contribution in [0, 0.1) is 0 Å². The fraction of sp³-hybridized carbons (Fsp3) is 0.389. The highest BCUT2D eigenvalue weighted by Gasteiger charge is 2.19. The van der Waals surface area contributed by atoms with Gasteiger partial charge < -0.3 is 19.3 Å². The van der Waals surface area contributed by atoms with Crippen LogP contribution in [0.25, 0.3) is 0 Å². The fourth-order valence-corrected chi connectivity index (χ4v) is 2.99. The van der Waals surface area contributed by atoms with Gasteiger partial charge in [0, 0.05) is 10.9 Å². The van der Waals surface area contributed by atoms with Gasteiger partial charge in [0.15, 0.2) is 16.6 Å². The van der Waals surface area contributed by atoms with Crippen LogP contribution in [-0.2, 0) is 11.2 Å². The summed E-state index contributed by atoms with van der Waals surface area (Å²) in [5.41, 5.74) is 0.708. The zero-order valence-electron chi connectivity index (χ0n) is 15.4. The SMILES string of the molecule is CCOc1cc(C(=O)Nc2nc(CC(=O)O)cs2)cc(OCC)c1OCC. The van der Waals surface area contributed by atoms with Gasteiger partial charge in [-0.25, -0.2) is 4.98 Å². The topological polar surface area (TPSA) is 107 Å². The molecule has 0 spiro atoms. The molecular weight excluding hydrogens is 372 g/mol. The van der Waals surface area contributed by atoms with Crippen molar-refractivity contribution in [2.75, 3.05) is 25.1 Å². The number of benzene rings is 1. The van der Waals surface area contributed by atoms with E-state index in [2.05, 4.69) is 10.3 Å². The molecule has 2 N–H and O–H groups in total. The molecule has 9 heteroatoms. The van der Waals surface area contributed by atoms with Crippen LogP contribution in [0.3, 0.4) is 0 Å². The summed E-state index contributed by atoms with van der Waals surface area (Å²) in [5, 5.41) is 13.4. The highest BCUT2D eigenvalue weighted by Crippen LogP contribution is 2.39. The molecule has 0 bridgehead atoms. The number of anilines is 1. The van der Waals surface area contributed by atoms with Crippen molar-refractivity contribution in [1.29, 1.82) is 0 Å². The van der Waals surface area contributed by atoms with E-state index in [0.29, 0.717) is 53.5 Å². The predicted molar refractivity (Wildman–Crippen MR) is 101 cm³/mol. The number of nitrogens with zero attached hydrogens (tertiary/aromatic N) is 1. The van der Waals surface area contributed by atoms with E-state index < -0.39 is 11.9 Å². The molecule has 0 unspecified atom stereocenters. The van der Waals surface area contributed by atoms with Gasteiger partial charge >= 0.3 is 5.97 Å². The maximum absolute atomic E-state index is 12.6. The smallest absolute Gasteiger partial charge is 0.309 e. The number of hydrogen-bond donors (Lipinski definition) is 2. The molecular formula is C18H22N2O6S. The molecule has 0 saturated carbocycles. The maximum Gasteiger partial charge on any atom is 0.309 e. The third-order valence-corrected chi connectivity index (χ3v) is 4.08. The summed E-state index contributed by atoms with van der Waals surface area (Å²) in [6.07, 6.45) is -0.196. The third kappa shape index (κ3) is 5.58. The van der Waals surface area contributed by atoms with E-state index >= 15 is 0 Å². The molecule has 8 nitrogen and oxygen atoms in total. The van der Waals surface area contributed by atoms with Gasteiger partial charge in [0.2, 0.25) is 5.75 Å². The molecule has 1 aromatic heterocycles. The van der Waals surface area contributed by atoms with Crippen LogP contribution >= 0.6 is 11.3 Å². The number of ether oxygens (including phenoxy) is 3. The van der Waals surface area contributed by atoms with Crippen molar-refractivity contribution in [3.8, 4) is 17.2 Å². The number of aliphatic carboxylic acids is 1. The van der Waals surface area contributed by atoms with Crippen LogP contribution < -0.4 is 19.5 Å². The maximum atomic E-state index is 12.6. The summed E-state index contributed by atoms with van der Waals surface area (Å²) in [5.74, 6) is -0.0957. The van der Waals surface area contributed by atoms with E-state index in [1.54, 1.807) is 17.5 Å². The largest absolute Gasteiger partial charge is 0.490 e. The average Bonchev–Trinajstić information content (AvgIpc) is 3.04. The van der Waals surface area contributed by atoms with Crippen LogP contribution in [0.5, 0.6) is 17.2 Å². The van der Waals surface area contributed by atoms with E-state index in [9.17, 15) is 9.59 Å². The Morgan fingerprint density at radius 3 is 2.19 bits per heavy atom. The minimum atomic E-state index is -0.979. The first-order valence-electron chi connectivity index (χ1n) is 8.52. The molecule has 0 fully saturated rings. The second-order valence-corrected chi connectivity index (χ2v) is 6.13. The van der Waals surface area contributed by atoms with Crippen molar-refractivity contribution in [1.82, 2.24) is 4.98 Å². The fourth-order valence-electron chi connectivity index (χ4n) is 2.29. The molecule has 2 rings (SSSR count). The first kappa shape index (κ1) is 20.5. The van der Waals surface area contributed by atoms with E-state index in [1.165, 1.54) is 0 Å². The Bertz CT molecular complexity index is 778. The zero-order valence-corrected chi connectivity index (χ0v) is 16.2. The molecule has 0 aliphatic carbocycles. The molecule has 27 heavy (non-hydrogen) atoms. The van der Waals surface area contributed by atoms with Crippen molar-refractivity contribution in [2.24, 2.45) is 0 Å². The van der Waals surface area contributed by atoms with Crippen LogP contribution in [-0.4, -0.2) is 41.8 Å². The second kappa shape index (κ2) is 9.77. The lowest BCUT2D eigenvalue weighted by Crippen LogP contribution is -2.13. The molecule has 1 heterocycles. The number of carboxylic acid groups (broad SMARTS) is 1. The summed E-state index contributed by atoms with van der Waals surface area (Å²) in [7, 11) is 0. The highest BCUT2D eigenvalue weighted by atomic mass is 32.1. The quantitative estimate of drug-likeness (QED) is 0.637. The molecule has 0 aliphatic heterocycles. The lowest BCUT2D eigenvalue weighted by Gasteiger charge is -2.16. The van der Waals surface area contributed by atoms with Crippen LogP contribution in [0.4, 0.5) is 5.13 Å². The van der Waals surface area contributed by atoms with E-state index in [4.69, 9.17) is 19.3 Å². The molecule has 0 radical (unpaired) electrons. The number of carbonyl (C=O) groups excluding carboxylic acids is 1. The summed E-state index contributed by atoms with van der Waals surface area (Å²) in [6, 6.07) is 3.16. The Balaban J connectivity index is 2.28. The van der Waals surface area contributed by atoms with Gasteiger partial charge in [0.25, 0.3) is 5.91 Å². The Morgan fingerprint density at radius 1 is 1.07 bits per heavy atom. The normalized spacial score (nSPS) is 10.3. The Labute approximate surface area is 161 Å². The van der Waals surface area contributed by atoms with Gasteiger partial charge in [-0.3, -0.25) is 14.9 Å². The standard InChI is InChI=1S/C18H22N2O6S/c1-4-24-13-7-11(8-14(25-5-2)16(13)26-6-3)17(23)20-18-19-12(10-27-18)9-15(21)22/h7-8,10H,4-6,9H2,1-3H3,(H,21,22)(H,19,20,23). The summed E-state index contributed by atoms with van der Waals surface area (Å²) >= 11 is 1.16. The highest BCUT2D eigenvalue weighted by molar-refractivity contribution is 7.14. The van der Waals surface area contributed by atoms with Gasteiger partial charge in [-0.1, -0.05) is 0 Å². The predicted octanol–water partition coefficient (Wildman–Crippen LogP) is 3.22. The van der Waals surface area contributed by atoms with Crippen molar-refractivity contribution >= 4 is 28.3 Å². The van der Waals surface area contributed by atoms with E-state index in [1.807, 2.05) is 20.8 Å². The number of hydrogen-bond acceptors (Lipinski definition) is 7. The van der Waals surface area contributed by atoms with Gasteiger partial charge in [-0.15, -0.1) is 11.3 Å². The number of rotatable bonds is 10. The van der Waals surface area contributed by atoms with Crippen molar-refractivity contribution in [3.05, 3.63) is 28.8 Å². The molecule has 0 aliphatic rings. The second-order valence-electron chi connectivity index (χ2n) is 5.27. The molecule has 0 saturated heterocycles. The lowest BCUT2D eigenvalue weighted by molar-refractivity contribution is -0.136. The number of aromatic nitrogens is 1. The summed E-state index contributed by atoms with van der Waals surface area (Å²) in [4.78, 5) is 27.5. The van der Waals surface area contributed by atoms with Gasteiger partial charge in [0.1, 0.15) is 0 Å². The van der Waals surface area contributed by atoms with Gasteiger partial charge in [0.05, 0.1) is 31.9 Å². The molecule has 146 valence electrons. The number of carbonyl (C=O) groups is 2. The van der Waals surface area contributed by atoms with Crippen LogP contribution in [0.1, 0.15) is 36.8 Å². The molecule has 2 aromatic rings. The Hall–Kier alpha value is -2.81. The van der Waals surface area contributed by atoms with E-state index in [-0.39, 0.29) is 6.42 Å². The number of amides is 1. The first-order chi connectivity index (χ1) is 13.0.